The molecule has 2 aromatic heterocycles. The van der Waals surface area contributed by atoms with Crippen LogP contribution in [0.2, 0.25) is 0 Å². The van der Waals surface area contributed by atoms with E-state index in [1.54, 1.807) is 11.5 Å². The minimum Gasteiger partial charge on any atom is -0.465 e. The van der Waals surface area contributed by atoms with Crippen molar-refractivity contribution in [2.24, 2.45) is 0 Å². The van der Waals surface area contributed by atoms with Crippen LogP contribution in [0.3, 0.4) is 0 Å². The minimum atomic E-state index is -0.573. The van der Waals surface area contributed by atoms with Crippen molar-refractivity contribution in [3.63, 3.8) is 0 Å². The highest BCUT2D eigenvalue weighted by atomic mass is 32.1. The van der Waals surface area contributed by atoms with E-state index in [0.29, 0.717) is 29.8 Å². The van der Waals surface area contributed by atoms with Gasteiger partial charge in [0.25, 0.3) is 5.56 Å². The summed E-state index contributed by atoms with van der Waals surface area (Å²) in [5.74, 6) is -0.573. The van der Waals surface area contributed by atoms with E-state index < -0.39 is 17.2 Å². The molecule has 0 spiro atoms. The van der Waals surface area contributed by atoms with Gasteiger partial charge in [-0.25, -0.2) is 9.36 Å². The minimum absolute atomic E-state index is 0.207. The number of carbonyl (C=O) groups is 1. The van der Waals surface area contributed by atoms with Crippen LogP contribution in [0, 0.1) is 0 Å². The second-order valence-electron chi connectivity index (χ2n) is 8.94. The number of nitrogens with zero attached hydrogens (tertiary/aromatic N) is 3. The molecule has 4 rings (SSSR count). The lowest BCUT2D eigenvalue weighted by atomic mass is 9.94. The van der Waals surface area contributed by atoms with Crippen molar-refractivity contribution in [1.29, 1.82) is 0 Å². The van der Waals surface area contributed by atoms with E-state index in [2.05, 4.69) is 4.90 Å². The first-order valence-electron chi connectivity index (χ1n) is 11.1. The van der Waals surface area contributed by atoms with Gasteiger partial charge in [0, 0.05) is 24.4 Å². The number of esters is 1. The summed E-state index contributed by atoms with van der Waals surface area (Å²) >= 11 is 1.47. The topological polar surface area (TPSA) is 82.8 Å². The highest BCUT2D eigenvalue weighted by molar-refractivity contribution is 7.18. The number of rotatable bonds is 6. The average molecular weight is 450 g/mol. The van der Waals surface area contributed by atoms with Crippen LogP contribution in [0.1, 0.15) is 50.5 Å². The molecule has 0 unspecified atom stereocenters. The van der Waals surface area contributed by atoms with Crippen molar-refractivity contribution >= 4 is 27.5 Å². The molecular weight excluding hydrogens is 418 g/mol. The van der Waals surface area contributed by atoms with Gasteiger partial charge in [0.15, 0.2) is 0 Å². The van der Waals surface area contributed by atoms with Gasteiger partial charge < -0.3 is 14.4 Å². The molecule has 1 saturated heterocycles. The summed E-state index contributed by atoms with van der Waals surface area (Å²) in [6.45, 7) is 9.28. The predicted molar refractivity (Wildman–Crippen MR) is 120 cm³/mol. The van der Waals surface area contributed by atoms with E-state index in [1.165, 1.54) is 30.6 Å². The maximum Gasteiger partial charge on any atom is 0.332 e. The molecular formula is C22H31N3O5S. The molecule has 8 nitrogen and oxygen atoms in total. The predicted octanol–water partition coefficient (Wildman–Crippen LogP) is 2.12. The van der Waals surface area contributed by atoms with E-state index in [1.807, 2.05) is 13.8 Å². The molecule has 0 aliphatic carbocycles. The summed E-state index contributed by atoms with van der Waals surface area (Å²) in [7, 11) is 0. The van der Waals surface area contributed by atoms with Crippen LogP contribution >= 0.6 is 11.3 Å². The number of piperidine rings is 1. The lowest BCUT2D eigenvalue weighted by molar-refractivity contribution is -0.143. The van der Waals surface area contributed by atoms with Crippen LogP contribution in [0.25, 0.3) is 10.2 Å². The molecule has 4 heterocycles. The Morgan fingerprint density at radius 1 is 1.13 bits per heavy atom. The van der Waals surface area contributed by atoms with Crippen molar-refractivity contribution in [2.75, 3.05) is 26.2 Å². The maximum atomic E-state index is 13.4. The zero-order chi connectivity index (χ0) is 22.2. The third-order valence-corrected chi connectivity index (χ3v) is 7.34. The van der Waals surface area contributed by atoms with Gasteiger partial charge in [-0.3, -0.25) is 14.2 Å². The highest BCUT2D eigenvalue weighted by Crippen LogP contribution is 2.37. The Kier molecular flexibility index (Phi) is 6.37. The first-order valence-corrected chi connectivity index (χ1v) is 11.9. The van der Waals surface area contributed by atoms with Crippen LogP contribution in [0.4, 0.5) is 0 Å². The third-order valence-electron chi connectivity index (χ3n) is 6.12. The van der Waals surface area contributed by atoms with Crippen molar-refractivity contribution in [3.05, 3.63) is 31.3 Å². The summed E-state index contributed by atoms with van der Waals surface area (Å²) in [4.78, 5) is 42.9. The molecule has 0 atom stereocenters. The Morgan fingerprint density at radius 3 is 2.58 bits per heavy atom. The van der Waals surface area contributed by atoms with E-state index in [-0.39, 0.29) is 18.8 Å². The fourth-order valence-corrected chi connectivity index (χ4v) is 5.74. The van der Waals surface area contributed by atoms with Gasteiger partial charge in [0.1, 0.15) is 11.4 Å². The Balaban J connectivity index is 1.81. The number of hydrogen-bond acceptors (Lipinski definition) is 7. The number of aromatic nitrogens is 2. The Bertz CT molecular complexity index is 1090. The van der Waals surface area contributed by atoms with Crippen molar-refractivity contribution < 1.29 is 14.3 Å². The highest BCUT2D eigenvalue weighted by Gasteiger charge is 2.32. The van der Waals surface area contributed by atoms with Gasteiger partial charge in [-0.2, -0.15) is 0 Å². The van der Waals surface area contributed by atoms with Gasteiger partial charge in [0.05, 0.1) is 24.2 Å². The Hall–Kier alpha value is -1.97. The molecule has 0 saturated carbocycles. The number of fused-ring (bicyclic) bond motifs is 3. The zero-order valence-electron chi connectivity index (χ0n) is 18.6. The lowest BCUT2D eigenvalue weighted by Gasteiger charge is -2.30. The molecule has 1 fully saturated rings. The average Bonchev–Trinajstić information content (AvgIpc) is 3.09. The first kappa shape index (κ1) is 22.2. The van der Waals surface area contributed by atoms with Crippen molar-refractivity contribution in [3.8, 4) is 0 Å². The SMILES string of the molecule is CCOC(=O)Cn1c(=O)c2c3c(sc2n(CCN2CCCCC2)c1=O)COC(C)(C)C3. The van der Waals surface area contributed by atoms with Crippen molar-refractivity contribution in [2.45, 2.75) is 71.8 Å². The molecule has 0 bridgehead atoms. The van der Waals surface area contributed by atoms with Crippen LogP contribution in [-0.2, 0) is 40.4 Å². The fourth-order valence-electron chi connectivity index (χ4n) is 4.50. The summed E-state index contributed by atoms with van der Waals surface area (Å²) in [5, 5.41) is 0.555. The molecule has 2 aliphatic rings. The van der Waals surface area contributed by atoms with Crippen LogP contribution in [0.15, 0.2) is 9.59 Å². The first-order chi connectivity index (χ1) is 14.8. The standard InChI is InChI=1S/C22H31N3O5S/c1-4-29-17(26)13-25-19(27)18-15-12-22(2,3)30-14-16(15)31-20(18)24(21(25)28)11-10-23-8-6-5-7-9-23/h4-14H2,1-3H3. The molecule has 0 amide bonds. The fraction of sp³-hybridized carbons (Fsp3) is 0.682. The molecule has 170 valence electrons. The van der Waals surface area contributed by atoms with Gasteiger partial charge >= 0.3 is 11.7 Å². The van der Waals surface area contributed by atoms with E-state index >= 15 is 0 Å². The van der Waals surface area contributed by atoms with Gasteiger partial charge in [-0.1, -0.05) is 6.42 Å². The molecule has 0 aromatic carbocycles. The summed E-state index contributed by atoms with van der Waals surface area (Å²) in [6.07, 6.45) is 4.19. The monoisotopic (exact) mass is 449 g/mol. The second-order valence-corrected chi connectivity index (χ2v) is 10.0. The quantitative estimate of drug-likeness (QED) is 0.629. The summed E-state index contributed by atoms with van der Waals surface area (Å²) < 4.78 is 13.7. The number of hydrogen-bond donors (Lipinski definition) is 0. The zero-order valence-corrected chi connectivity index (χ0v) is 19.4. The Labute approximate surface area is 185 Å². The lowest BCUT2D eigenvalue weighted by Crippen LogP contribution is -2.44. The number of thiophene rings is 1. The maximum absolute atomic E-state index is 13.4. The van der Waals surface area contributed by atoms with E-state index in [9.17, 15) is 14.4 Å². The largest absolute Gasteiger partial charge is 0.465 e. The summed E-state index contributed by atoms with van der Waals surface area (Å²) in [5.41, 5.74) is -0.279. The van der Waals surface area contributed by atoms with Gasteiger partial charge in [-0.15, -0.1) is 11.3 Å². The third kappa shape index (κ3) is 4.49. The van der Waals surface area contributed by atoms with Gasteiger partial charge in [-0.05, 0) is 52.3 Å². The van der Waals surface area contributed by atoms with Crippen LogP contribution in [-0.4, -0.2) is 51.8 Å². The van der Waals surface area contributed by atoms with Crippen LogP contribution < -0.4 is 11.2 Å². The molecule has 2 aliphatic heterocycles. The van der Waals surface area contributed by atoms with E-state index in [4.69, 9.17) is 9.47 Å². The molecule has 9 heteroatoms. The second kappa shape index (κ2) is 8.88. The van der Waals surface area contributed by atoms with Crippen LogP contribution in [0.5, 0.6) is 0 Å². The molecule has 2 aromatic rings. The molecule has 0 radical (unpaired) electrons. The smallest absolute Gasteiger partial charge is 0.332 e. The van der Waals surface area contributed by atoms with Crippen molar-refractivity contribution in [1.82, 2.24) is 14.0 Å². The number of ether oxygens (including phenoxy) is 2. The normalized spacial score (nSPS) is 18.8. The molecule has 31 heavy (non-hydrogen) atoms. The van der Waals surface area contributed by atoms with E-state index in [0.717, 1.165) is 34.6 Å². The molecule has 0 N–H and O–H groups in total. The number of likely N-dealkylation sites (tertiary alicyclic amines) is 1. The van der Waals surface area contributed by atoms with Gasteiger partial charge in [0.2, 0.25) is 0 Å². The Morgan fingerprint density at radius 2 is 1.87 bits per heavy atom. The summed E-state index contributed by atoms with van der Waals surface area (Å²) in [6, 6.07) is 0. The number of carbonyl (C=O) groups excluding carboxylic acids is 1.